The van der Waals surface area contributed by atoms with E-state index >= 15 is 0 Å². The highest BCUT2D eigenvalue weighted by Crippen LogP contribution is 2.04. The van der Waals surface area contributed by atoms with Crippen LogP contribution in [0.3, 0.4) is 0 Å². The van der Waals surface area contributed by atoms with Gasteiger partial charge >= 0.3 is 0 Å². The Labute approximate surface area is 65.9 Å². The second-order valence-electron chi connectivity index (χ2n) is 2.73. The number of nitrogens with zero attached hydrogens (tertiary/aromatic N) is 2. The van der Waals surface area contributed by atoms with E-state index in [-0.39, 0.29) is 5.56 Å². The summed E-state index contributed by atoms with van der Waals surface area (Å²) in [4.78, 5) is 13.0. The Hall–Kier alpha value is -1.25. The lowest BCUT2D eigenvalue weighted by Crippen LogP contribution is -2.18. The zero-order chi connectivity index (χ0) is 8.43. The van der Waals surface area contributed by atoms with Gasteiger partial charge in [-0.1, -0.05) is 0 Å². The van der Waals surface area contributed by atoms with Gasteiger partial charge in [0.25, 0.3) is 5.56 Å². The predicted octanol–water partition coefficient (Wildman–Crippen LogP) is 0.451. The molecule has 0 atom stereocenters. The topological polar surface area (TPSA) is 25.2 Å². The number of rotatable bonds is 1. The van der Waals surface area contributed by atoms with E-state index in [9.17, 15) is 4.79 Å². The largest absolute Gasteiger partial charge is 0.377 e. The quantitative estimate of drug-likeness (QED) is 0.584. The smallest absolute Gasteiger partial charge is 0.252 e. The van der Waals surface area contributed by atoms with Crippen molar-refractivity contribution in [3.05, 3.63) is 28.7 Å². The number of pyridine rings is 1. The minimum Gasteiger partial charge on any atom is -0.377 e. The van der Waals surface area contributed by atoms with Crippen molar-refractivity contribution in [2.45, 2.75) is 0 Å². The van der Waals surface area contributed by atoms with Gasteiger partial charge in [-0.3, -0.25) is 4.79 Å². The highest BCUT2D eigenvalue weighted by atomic mass is 16.1. The molecule has 0 fully saturated rings. The van der Waals surface area contributed by atoms with Crippen LogP contribution >= 0.6 is 0 Å². The summed E-state index contributed by atoms with van der Waals surface area (Å²) < 4.78 is 1.55. The van der Waals surface area contributed by atoms with Gasteiger partial charge in [-0.05, 0) is 6.07 Å². The molecule has 1 rings (SSSR count). The SMILES string of the molecule is CN(C)c1ccn(C)c(=O)c1. The normalized spacial score (nSPS) is 9.73. The van der Waals surface area contributed by atoms with Crippen molar-refractivity contribution in [1.29, 1.82) is 0 Å². The lowest BCUT2D eigenvalue weighted by Gasteiger charge is -2.11. The predicted molar refractivity (Wildman–Crippen MR) is 46.0 cm³/mol. The first-order valence-corrected chi connectivity index (χ1v) is 3.45. The van der Waals surface area contributed by atoms with Gasteiger partial charge in [0.15, 0.2) is 0 Å². The lowest BCUT2D eigenvalue weighted by atomic mass is 10.4. The minimum absolute atomic E-state index is 0.0243. The monoisotopic (exact) mass is 152 g/mol. The molecule has 0 aromatic carbocycles. The number of anilines is 1. The first-order chi connectivity index (χ1) is 5.11. The standard InChI is InChI=1S/C8H12N2O/c1-9(2)7-4-5-10(3)8(11)6-7/h4-6H,1-3H3. The molecule has 0 aliphatic heterocycles. The molecule has 0 radical (unpaired) electrons. The number of aromatic nitrogens is 1. The summed E-state index contributed by atoms with van der Waals surface area (Å²) in [6.07, 6.45) is 1.76. The van der Waals surface area contributed by atoms with Crippen molar-refractivity contribution in [2.24, 2.45) is 7.05 Å². The van der Waals surface area contributed by atoms with Crippen LogP contribution in [0.1, 0.15) is 0 Å². The summed E-state index contributed by atoms with van der Waals surface area (Å²) in [5.41, 5.74) is 0.962. The molecule has 1 heterocycles. The van der Waals surface area contributed by atoms with E-state index in [2.05, 4.69) is 0 Å². The summed E-state index contributed by atoms with van der Waals surface area (Å²) in [7, 11) is 5.56. The Bertz CT molecular complexity index is 301. The molecule has 1 aromatic heterocycles. The van der Waals surface area contributed by atoms with Crippen LogP contribution in [0.5, 0.6) is 0 Å². The Kier molecular flexibility index (Phi) is 1.98. The van der Waals surface area contributed by atoms with E-state index in [0.29, 0.717) is 0 Å². The molecule has 0 bridgehead atoms. The molecular formula is C8H12N2O. The first kappa shape index (κ1) is 7.85. The second-order valence-corrected chi connectivity index (χ2v) is 2.73. The molecule has 0 spiro atoms. The van der Waals surface area contributed by atoms with E-state index in [1.54, 1.807) is 23.9 Å². The van der Waals surface area contributed by atoms with Crippen LogP contribution in [0.2, 0.25) is 0 Å². The summed E-state index contributed by atoms with van der Waals surface area (Å²) in [6, 6.07) is 3.52. The molecule has 1 aromatic rings. The summed E-state index contributed by atoms with van der Waals surface area (Å²) in [5, 5.41) is 0. The van der Waals surface area contributed by atoms with Gasteiger partial charge in [0, 0.05) is 39.1 Å². The van der Waals surface area contributed by atoms with E-state index < -0.39 is 0 Å². The fourth-order valence-electron chi connectivity index (χ4n) is 0.816. The molecule has 3 heteroatoms. The van der Waals surface area contributed by atoms with E-state index in [4.69, 9.17) is 0 Å². The molecule has 0 saturated carbocycles. The van der Waals surface area contributed by atoms with Crippen LogP contribution in [-0.2, 0) is 7.05 Å². The van der Waals surface area contributed by atoms with Crippen molar-refractivity contribution in [1.82, 2.24) is 4.57 Å². The average molecular weight is 152 g/mol. The van der Waals surface area contributed by atoms with Crippen molar-refractivity contribution in [2.75, 3.05) is 19.0 Å². The van der Waals surface area contributed by atoms with Crippen molar-refractivity contribution in [3.63, 3.8) is 0 Å². The van der Waals surface area contributed by atoms with Crippen LogP contribution in [-0.4, -0.2) is 18.7 Å². The van der Waals surface area contributed by atoms with E-state index in [1.807, 2.05) is 25.1 Å². The number of hydrogen-bond acceptors (Lipinski definition) is 2. The molecule has 0 aliphatic carbocycles. The van der Waals surface area contributed by atoms with Gasteiger partial charge < -0.3 is 9.47 Å². The molecule has 60 valence electrons. The molecule has 11 heavy (non-hydrogen) atoms. The number of aryl methyl sites for hydroxylation is 1. The van der Waals surface area contributed by atoms with Crippen molar-refractivity contribution < 1.29 is 0 Å². The third-order valence-corrected chi connectivity index (χ3v) is 1.60. The molecule has 0 amide bonds. The van der Waals surface area contributed by atoms with Gasteiger partial charge in [0.1, 0.15) is 0 Å². The third kappa shape index (κ3) is 1.61. The fraction of sp³-hybridized carbons (Fsp3) is 0.375. The second kappa shape index (κ2) is 2.78. The van der Waals surface area contributed by atoms with Gasteiger partial charge in [0.05, 0.1) is 0 Å². The summed E-state index contributed by atoms with van der Waals surface area (Å²) >= 11 is 0. The fourth-order valence-corrected chi connectivity index (χ4v) is 0.816. The van der Waals surface area contributed by atoms with Crippen molar-refractivity contribution in [3.8, 4) is 0 Å². The van der Waals surface area contributed by atoms with Crippen LogP contribution in [0.4, 0.5) is 5.69 Å². The first-order valence-electron chi connectivity index (χ1n) is 3.45. The Balaban J connectivity index is 3.16. The zero-order valence-corrected chi connectivity index (χ0v) is 7.03. The van der Waals surface area contributed by atoms with E-state index in [1.165, 1.54) is 0 Å². The Morgan fingerprint density at radius 1 is 1.45 bits per heavy atom. The summed E-state index contributed by atoms with van der Waals surface area (Å²) in [5.74, 6) is 0. The highest BCUT2D eigenvalue weighted by Gasteiger charge is 1.95. The van der Waals surface area contributed by atoms with Crippen LogP contribution in [0.25, 0.3) is 0 Å². The Morgan fingerprint density at radius 2 is 2.09 bits per heavy atom. The maximum Gasteiger partial charge on any atom is 0.252 e. The molecule has 0 unspecified atom stereocenters. The van der Waals surface area contributed by atoms with E-state index in [0.717, 1.165) is 5.69 Å². The lowest BCUT2D eigenvalue weighted by molar-refractivity contribution is 0.857. The summed E-state index contributed by atoms with van der Waals surface area (Å²) in [6.45, 7) is 0. The van der Waals surface area contributed by atoms with Gasteiger partial charge in [-0.15, -0.1) is 0 Å². The average Bonchev–Trinajstić information content (AvgIpc) is 1.94. The minimum atomic E-state index is 0.0243. The zero-order valence-electron chi connectivity index (χ0n) is 7.03. The highest BCUT2D eigenvalue weighted by molar-refractivity contribution is 5.42. The van der Waals surface area contributed by atoms with Crippen LogP contribution in [0.15, 0.2) is 23.1 Å². The third-order valence-electron chi connectivity index (χ3n) is 1.60. The molecule has 0 saturated heterocycles. The maximum absolute atomic E-state index is 11.1. The molecule has 0 aliphatic rings. The molecule has 0 N–H and O–H groups in total. The van der Waals surface area contributed by atoms with Gasteiger partial charge in [-0.25, -0.2) is 0 Å². The van der Waals surface area contributed by atoms with Crippen LogP contribution in [0, 0.1) is 0 Å². The molecule has 3 nitrogen and oxygen atoms in total. The Morgan fingerprint density at radius 3 is 2.55 bits per heavy atom. The van der Waals surface area contributed by atoms with Gasteiger partial charge in [0.2, 0.25) is 0 Å². The maximum atomic E-state index is 11.1. The molecular weight excluding hydrogens is 140 g/mol. The van der Waals surface area contributed by atoms with Crippen molar-refractivity contribution >= 4 is 5.69 Å². The number of hydrogen-bond donors (Lipinski definition) is 0. The van der Waals surface area contributed by atoms with Gasteiger partial charge in [-0.2, -0.15) is 0 Å². The van der Waals surface area contributed by atoms with Crippen LogP contribution < -0.4 is 10.5 Å².